The molecule has 238 valence electrons. The molecule has 0 radical (unpaired) electrons. The van der Waals surface area contributed by atoms with Gasteiger partial charge in [-0.1, -0.05) is 35.9 Å². The molecule has 0 saturated carbocycles. The number of hydrogen-bond acceptors (Lipinski definition) is 10. The number of fused-ring (bicyclic) bond motifs is 2. The van der Waals surface area contributed by atoms with Gasteiger partial charge in [-0.3, -0.25) is 4.90 Å². The largest absolute Gasteiger partial charge is 0.489 e. The van der Waals surface area contributed by atoms with Gasteiger partial charge in [-0.15, -0.1) is 17.9 Å². The van der Waals surface area contributed by atoms with Crippen molar-refractivity contribution in [1.29, 1.82) is 5.26 Å². The van der Waals surface area contributed by atoms with E-state index in [4.69, 9.17) is 36.5 Å². The topological polar surface area (TPSA) is 110 Å². The standard InChI is InChI=1S/C33H31ClF2N6O3S/c1-4-18-15-44-28-24-27(26(36)23(25(28)34)19-6-7-21(35)29-22(19)20(13-37)30(38)46-29)39-32(40-31(24)42(18)10-11-43-3)45-16-33-8-5-9-41(33)14-17(2)12-33/h4,6-7,18H,1-2,5,8-12,14-16,38H2,3H3/t18?,33-/m0/s1. The number of nitriles is 1. The van der Waals surface area contributed by atoms with E-state index in [2.05, 4.69) is 23.0 Å². The second-order valence-corrected chi connectivity index (χ2v) is 13.3. The lowest BCUT2D eigenvalue weighted by atomic mass is 9.94. The maximum atomic E-state index is 17.1. The number of rotatable bonds is 8. The van der Waals surface area contributed by atoms with Crippen molar-refractivity contribution in [3.05, 3.63) is 59.2 Å². The summed E-state index contributed by atoms with van der Waals surface area (Å²) in [5.74, 6) is -0.851. The van der Waals surface area contributed by atoms with Crippen LogP contribution in [0.4, 0.5) is 19.6 Å². The SMILES string of the molecule is C=CC1COc2c(Cl)c(-c3ccc(F)c4sc(N)c(C#N)c34)c(F)c3nc(OC[C@@]45CCCN4CC(=C)C5)nc(c23)N1CCOC. The van der Waals surface area contributed by atoms with Crippen molar-refractivity contribution in [2.75, 3.05) is 57.2 Å². The van der Waals surface area contributed by atoms with Crippen LogP contribution in [0.1, 0.15) is 24.8 Å². The van der Waals surface area contributed by atoms with Crippen LogP contribution in [0.5, 0.6) is 11.8 Å². The molecule has 46 heavy (non-hydrogen) atoms. The summed E-state index contributed by atoms with van der Waals surface area (Å²) >= 11 is 7.93. The van der Waals surface area contributed by atoms with E-state index in [-0.39, 0.29) is 77.7 Å². The van der Waals surface area contributed by atoms with Crippen molar-refractivity contribution in [1.82, 2.24) is 14.9 Å². The lowest BCUT2D eigenvalue weighted by Crippen LogP contribution is -2.43. The molecule has 4 aromatic rings. The Kier molecular flexibility index (Phi) is 7.76. The van der Waals surface area contributed by atoms with Gasteiger partial charge in [-0.05, 0) is 37.4 Å². The Morgan fingerprint density at radius 2 is 2.15 bits per heavy atom. The van der Waals surface area contributed by atoms with Crippen LogP contribution in [-0.4, -0.2) is 73.0 Å². The molecule has 2 aromatic carbocycles. The van der Waals surface area contributed by atoms with Crippen LogP contribution in [-0.2, 0) is 4.74 Å². The third-order valence-electron chi connectivity index (χ3n) is 9.23. The molecule has 1 unspecified atom stereocenters. The predicted octanol–water partition coefficient (Wildman–Crippen LogP) is 6.47. The summed E-state index contributed by atoms with van der Waals surface area (Å²) in [7, 11) is 1.59. The van der Waals surface area contributed by atoms with E-state index in [1.165, 1.54) is 12.1 Å². The normalized spacial score (nSPS) is 21.0. The molecule has 0 aliphatic carbocycles. The first kappa shape index (κ1) is 30.6. The van der Waals surface area contributed by atoms with Gasteiger partial charge >= 0.3 is 6.01 Å². The summed E-state index contributed by atoms with van der Waals surface area (Å²) < 4.78 is 50.2. The fourth-order valence-corrected chi connectivity index (χ4v) is 8.39. The molecule has 3 aliphatic heterocycles. The van der Waals surface area contributed by atoms with Gasteiger partial charge in [0.25, 0.3) is 0 Å². The minimum atomic E-state index is -0.791. The molecule has 5 heterocycles. The Morgan fingerprint density at radius 3 is 2.91 bits per heavy atom. The molecular formula is C33H31ClF2N6O3S. The van der Waals surface area contributed by atoms with E-state index >= 15 is 4.39 Å². The zero-order valence-corrected chi connectivity index (χ0v) is 26.7. The Bertz CT molecular complexity index is 1980. The highest BCUT2D eigenvalue weighted by molar-refractivity contribution is 7.23. The average Bonchev–Trinajstić information content (AvgIpc) is 3.65. The number of halogens is 3. The summed E-state index contributed by atoms with van der Waals surface area (Å²) in [5, 5.41) is 10.4. The van der Waals surface area contributed by atoms with Gasteiger partial charge in [0.2, 0.25) is 0 Å². The van der Waals surface area contributed by atoms with Crippen LogP contribution < -0.4 is 20.1 Å². The van der Waals surface area contributed by atoms with E-state index < -0.39 is 11.6 Å². The molecule has 2 N–H and O–H groups in total. The van der Waals surface area contributed by atoms with Crippen LogP contribution in [0.3, 0.4) is 0 Å². The molecule has 2 saturated heterocycles. The summed E-state index contributed by atoms with van der Waals surface area (Å²) in [6.07, 6.45) is 4.52. The van der Waals surface area contributed by atoms with Crippen molar-refractivity contribution in [3.8, 4) is 29.0 Å². The summed E-state index contributed by atoms with van der Waals surface area (Å²) in [6.45, 7) is 11.1. The molecule has 9 nitrogen and oxygen atoms in total. The summed E-state index contributed by atoms with van der Waals surface area (Å²) in [6, 6.07) is 4.25. The average molecular weight is 665 g/mol. The molecule has 0 amide bonds. The number of nitrogen functional groups attached to an aromatic ring is 1. The van der Waals surface area contributed by atoms with Crippen LogP contribution in [0, 0.1) is 23.0 Å². The van der Waals surface area contributed by atoms with Gasteiger partial charge in [0.1, 0.15) is 41.4 Å². The number of aromatic nitrogens is 2. The second kappa shape index (κ2) is 11.7. The lowest BCUT2D eigenvalue weighted by molar-refractivity contribution is 0.108. The van der Waals surface area contributed by atoms with Crippen LogP contribution in [0.2, 0.25) is 5.02 Å². The number of thiophene rings is 1. The number of ether oxygens (including phenoxy) is 3. The number of methoxy groups -OCH3 is 1. The van der Waals surface area contributed by atoms with E-state index in [0.717, 1.165) is 49.3 Å². The van der Waals surface area contributed by atoms with Gasteiger partial charge in [0.15, 0.2) is 11.6 Å². The zero-order chi connectivity index (χ0) is 32.3. The van der Waals surface area contributed by atoms with E-state index in [1.54, 1.807) is 13.2 Å². The molecule has 13 heteroatoms. The van der Waals surface area contributed by atoms with Gasteiger partial charge in [0.05, 0.1) is 38.9 Å². The van der Waals surface area contributed by atoms with Gasteiger partial charge < -0.3 is 24.8 Å². The molecular weight excluding hydrogens is 634 g/mol. The molecule has 7 rings (SSSR count). The number of nitrogens with zero attached hydrogens (tertiary/aromatic N) is 5. The first-order valence-electron chi connectivity index (χ1n) is 14.9. The molecule has 0 spiro atoms. The van der Waals surface area contributed by atoms with Gasteiger partial charge in [-0.2, -0.15) is 15.2 Å². The maximum absolute atomic E-state index is 17.1. The molecule has 0 bridgehead atoms. The highest BCUT2D eigenvalue weighted by Gasteiger charge is 2.46. The highest BCUT2D eigenvalue weighted by Crippen LogP contribution is 2.51. The number of hydrogen-bond donors (Lipinski definition) is 1. The Morgan fingerprint density at radius 1 is 1.33 bits per heavy atom. The third kappa shape index (κ3) is 4.68. The lowest BCUT2D eigenvalue weighted by Gasteiger charge is -2.31. The van der Waals surface area contributed by atoms with E-state index in [0.29, 0.717) is 25.6 Å². The van der Waals surface area contributed by atoms with Crippen molar-refractivity contribution in [2.45, 2.75) is 30.8 Å². The van der Waals surface area contributed by atoms with Gasteiger partial charge in [-0.25, -0.2) is 8.78 Å². The molecule has 2 atom stereocenters. The maximum Gasteiger partial charge on any atom is 0.319 e. The van der Waals surface area contributed by atoms with Gasteiger partial charge in [0, 0.05) is 31.1 Å². The van der Waals surface area contributed by atoms with Crippen molar-refractivity contribution in [2.24, 2.45) is 0 Å². The fourth-order valence-electron chi connectivity index (χ4n) is 7.11. The number of nitrogens with two attached hydrogens (primary N) is 1. The van der Waals surface area contributed by atoms with Crippen LogP contribution >= 0.6 is 22.9 Å². The Balaban J connectivity index is 1.47. The Labute approximate surface area is 273 Å². The molecule has 2 fully saturated rings. The van der Waals surface area contributed by atoms with Crippen molar-refractivity contribution < 1.29 is 23.0 Å². The minimum absolute atomic E-state index is 0.00627. The zero-order valence-electron chi connectivity index (χ0n) is 25.2. The first-order chi connectivity index (χ1) is 22.2. The van der Waals surface area contributed by atoms with Crippen LogP contribution in [0.25, 0.3) is 32.1 Å². The summed E-state index contributed by atoms with van der Waals surface area (Å²) in [4.78, 5) is 13.7. The monoisotopic (exact) mass is 664 g/mol. The molecule has 3 aliphatic rings. The smallest absolute Gasteiger partial charge is 0.319 e. The van der Waals surface area contributed by atoms with Crippen molar-refractivity contribution >= 4 is 54.7 Å². The summed E-state index contributed by atoms with van der Waals surface area (Å²) in [5.41, 5.74) is 7.09. The third-order valence-corrected chi connectivity index (χ3v) is 10.6. The first-order valence-corrected chi connectivity index (χ1v) is 16.1. The Hall–Kier alpha value is -4.02. The van der Waals surface area contributed by atoms with E-state index in [9.17, 15) is 9.65 Å². The minimum Gasteiger partial charge on any atom is -0.489 e. The molecule has 2 aromatic heterocycles. The van der Waals surface area contributed by atoms with Crippen molar-refractivity contribution in [3.63, 3.8) is 0 Å². The fraction of sp³-hybridized carbons (Fsp3) is 0.364. The number of benzene rings is 2. The number of anilines is 2. The quantitative estimate of drug-likeness (QED) is 0.212. The van der Waals surface area contributed by atoms with Crippen LogP contribution in [0.15, 0.2) is 36.9 Å². The highest BCUT2D eigenvalue weighted by atomic mass is 35.5. The van der Waals surface area contributed by atoms with E-state index in [1.807, 2.05) is 11.0 Å². The predicted molar refractivity (Wildman–Crippen MR) is 176 cm³/mol. The second-order valence-electron chi connectivity index (χ2n) is 11.9.